The monoisotopic (exact) mass is 180 g/mol. The van der Waals surface area contributed by atoms with Gasteiger partial charge in [-0.05, 0) is 17.9 Å². The van der Waals surface area contributed by atoms with Crippen LogP contribution in [0.2, 0.25) is 0 Å². The second-order valence-corrected chi connectivity index (χ2v) is 3.94. The van der Waals surface area contributed by atoms with Gasteiger partial charge in [0, 0.05) is 12.4 Å². The lowest BCUT2D eigenvalue weighted by Crippen LogP contribution is -2.12. The van der Waals surface area contributed by atoms with Crippen molar-refractivity contribution in [2.45, 2.75) is 33.1 Å². The zero-order valence-corrected chi connectivity index (χ0v) is 8.66. The Balaban J connectivity index is 2.81. The van der Waals surface area contributed by atoms with Crippen LogP contribution in [0.15, 0.2) is 12.4 Å². The summed E-state index contributed by atoms with van der Waals surface area (Å²) in [4.78, 5) is 8.20. The standard InChI is InChI=1S/C10H16N2O/c1-5-13-9-11-6-8(7-12-9)10(2,3)4/h6-7H,5H2,1-4H3. The summed E-state index contributed by atoms with van der Waals surface area (Å²) in [6, 6.07) is 0.454. The van der Waals surface area contributed by atoms with Gasteiger partial charge in [-0.15, -0.1) is 0 Å². The molecule has 3 nitrogen and oxygen atoms in total. The van der Waals surface area contributed by atoms with Crippen molar-refractivity contribution in [2.75, 3.05) is 6.61 Å². The third kappa shape index (κ3) is 2.68. The van der Waals surface area contributed by atoms with Crippen LogP contribution in [0.4, 0.5) is 0 Å². The molecule has 0 saturated heterocycles. The van der Waals surface area contributed by atoms with E-state index < -0.39 is 0 Å². The maximum absolute atomic E-state index is 5.15. The SMILES string of the molecule is CCOc1ncc(C(C)(C)C)cn1. The molecule has 0 aliphatic rings. The fourth-order valence-electron chi connectivity index (χ4n) is 0.907. The molecule has 0 aliphatic carbocycles. The highest BCUT2D eigenvalue weighted by Crippen LogP contribution is 2.20. The summed E-state index contributed by atoms with van der Waals surface area (Å²) in [5.41, 5.74) is 1.22. The first-order valence-electron chi connectivity index (χ1n) is 4.49. The maximum atomic E-state index is 5.15. The molecule has 0 saturated carbocycles. The van der Waals surface area contributed by atoms with Crippen molar-refractivity contribution in [3.05, 3.63) is 18.0 Å². The summed E-state index contributed by atoms with van der Waals surface area (Å²) < 4.78 is 5.15. The van der Waals surface area contributed by atoms with Crippen LogP contribution in [-0.2, 0) is 5.41 Å². The van der Waals surface area contributed by atoms with Gasteiger partial charge in [0.1, 0.15) is 0 Å². The Morgan fingerprint density at radius 2 is 1.77 bits per heavy atom. The van der Waals surface area contributed by atoms with Crippen molar-refractivity contribution >= 4 is 0 Å². The minimum absolute atomic E-state index is 0.102. The van der Waals surface area contributed by atoms with Gasteiger partial charge in [-0.25, -0.2) is 9.97 Å². The van der Waals surface area contributed by atoms with E-state index in [2.05, 4.69) is 30.7 Å². The predicted octanol–water partition coefficient (Wildman–Crippen LogP) is 2.17. The molecule has 0 aromatic carbocycles. The molecule has 0 aliphatic heterocycles. The molecule has 0 amide bonds. The van der Waals surface area contributed by atoms with Crippen molar-refractivity contribution in [3.63, 3.8) is 0 Å². The van der Waals surface area contributed by atoms with Gasteiger partial charge in [-0.2, -0.15) is 0 Å². The summed E-state index contributed by atoms with van der Waals surface area (Å²) in [6.45, 7) is 8.92. The molecule has 1 heterocycles. The van der Waals surface area contributed by atoms with Crippen molar-refractivity contribution in [2.24, 2.45) is 0 Å². The summed E-state index contributed by atoms with van der Waals surface area (Å²) >= 11 is 0. The van der Waals surface area contributed by atoms with Gasteiger partial charge in [0.25, 0.3) is 0 Å². The Morgan fingerprint density at radius 3 is 2.15 bits per heavy atom. The van der Waals surface area contributed by atoms with Crippen LogP contribution in [-0.4, -0.2) is 16.6 Å². The molecule has 1 rings (SSSR count). The van der Waals surface area contributed by atoms with Crippen molar-refractivity contribution in [1.29, 1.82) is 0 Å². The van der Waals surface area contributed by atoms with Gasteiger partial charge >= 0.3 is 6.01 Å². The fourth-order valence-corrected chi connectivity index (χ4v) is 0.907. The van der Waals surface area contributed by atoms with E-state index in [9.17, 15) is 0 Å². The van der Waals surface area contributed by atoms with Crippen molar-refractivity contribution in [1.82, 2.24) is 9.97 Å². The Kier molecular flexibility index (Phi) is 2.86. The molecule has 0 radical (unpaired) electrons. The number of hydrogen-bond acceptors (Lipinski definition) is 3. The number of hydrogen-bond donors (Lipinski definition) is 0. The third-order valence-electron chi connectivity index (χ3n) is 1.77. The van der Waals surface area contributed by atoms with Crippen molar-refractivity contribution < 1.29 is 4.74 Å². The van der Waals surface area contributed by atoms with Gasteiger partial charge < -0.3 is 4.74 Å². The molecule has 13 heavy (non-hydrogen) atoms. The lowest BCUT2D eigenvalue weighted by atomic mass is 9.89. The summed E-state index contributed by atoms with van der Waals surface area (Å²) in [5, 5.41) is 0. The topological polar surface area (TPSA) is 35.0 Å². The van der Waals surface area contributed by atoms with Crippen molar-refractivity contribution in [3.8, 4) is 6.01 Å². The molecule has 0 fully saturated rings. The predicted molar refractivity (Wildman–Crippen MR) is 51.9 cm³/mol. The summed E-state index contributed by atoms with van der Waals surface area (Å²) in [5.74, 6) is 0. The first kappa shape index (κ1) is 9.96. The molecule has 0 atom stereocenters. The smallest absolute Gasteiger partial charge is 0.316 e. The zero-order valence-electron chi connectivity index (χ0n) is 8.66. The zero-order chi connectivity index (χ0) is 9.90. The third-order valence-corrected chi connectivity index (χ3v) is 1.77. The molecule has 0 spiro atoms. The number of nitrogens with zero attached hydrogens (tertiary/aromatic N) is 2. The minimum atomic E-state index is 0.102. The lowest BCUT2D eigenvalue weighted by Gasteiger charge is -2.17. The lowest BCUT2D eigenvalue weighted by molar-refractivity contribution is 0.311. The minimum Gasteiger partial charge on any atom is -0.464 e. The highest BCUT2D eigenvalue weighted by molar-refractivity contribution is 5.16. The molecule has 1 aromatic rings. The van der Waals surface area contributed by atoms with Crippen LogP contribution in [0.1, 0.15) is 33.3 Å². The molecule has 0 unspecified atom stereocenters. The molecule has 3 heteroatoms. The van der Waals surface area contributed by atoms with Crippen LogP contribution in [0.25, 0.3) is 0 Å². The first-order chi connectivity index (χ1) is 6.04. The molecule has 0 bridgehead atoms. The van der Waals surface area contributed by atoms with E-state index in [1.165, 1.54) is 0 Å². The number of rotatable bonds is 2. The maximum Gasteiger partial charge on any atom is 0.316 e. The fraction of sp³-hybridized carbons (Fsp3) is 0.600. The Hall–Kier alpha value is -1.12. The van der Waals surface area contributed by atoms with E-state index in [4.69, 9.17) is 4.74 Å². The van der Waals surface area contributed by atoms with Crippen LogP contribution in [0.3, 0.4) is 0 Å². The molecule has 0 N–H and O–H groups in total. The average molecular weight is 180 g/mol. The van der Waals surface area contributed by atoms with Crippen LogP contribution < -0.4 is 4.74 Å². The van der Waals surface area contributed by atoms with Crippen LogP contribution in [0.5, 0.6) is 6.01 Å². The van der Waals surface area contributed by atoms with E-state index in [-0.39, 0.29) is 5.41 Å². The molecular formula is C10H16N2O. The molecule has 1 aromatic heterocycles. The van der Waals surface area contributed by atoms with Gasteiger partial charge in [0.2, 0.25) is 0 Å². The van der Waals surface area contributed by atoms with Gasteiger partial charge in [-0.3, -0.25) is 0 Å². The van der Waals surface area contributed by atoms with Crippen LogP contribution in [0, 0.1) is 0 Å². The van der Waals surface area contributed by atoms with Gasteiger partial charge in [0.15, 0.2) is 0 Å². The van der Waals surface area contributed by atoms with E-state index >= 15 is 0 Å². The second kappa shape index (κ2) is 3.73. The molecule has 72 valence electrons. The van der Waals surface area contributed by atoms with E-state index in [1.54, 1.807) is 0 Å². The Labute approximate surface area is 79.2 Å². The highest BCUT2D eigenvalue weighted by Gasteiger charge is 2.14. The summed E-state index contributed by atoms with van der Waals surface area (Å²) in [7, 11) is 0. The summed E-state index contributed by atoms with van der Waals surface area (Å²) in [6.07, 6.45) is 3.63. The van der Waals surface area contributed by atoms with E-state index in [0.29, 0.717) is 12.6 Å². The normalized spacial score (nSPS) is 11.4. The average Bonchev–Trinajstić information content (AvgIpc) is 2.04. The Bertz CT molecular complexity index is 261. The van der Waals surface area contributed by atoms with E-state index in [0.717, 1.165) is 5.56 Å². The number of ether oxygens (including phenoxy) is 1. The largest absolute Gasteiger partial charge is 0.464 e. The quantitative estimate of drug-likeness (QED) is 0.699. The molecular weight excluding hydrogens is 164 g/mol. The van der Waals surface area contributed by atoms with E-state index in [1.807, 2.05) is 19.3 Å². The Morgan fingerprint density at radius 1 is 1.23 bits per heavy atom. The highest BCUT2D eigenvalue weighted by atomic mass is 16.5. The first-order valence-corrected chi connectivity index (χ1v) is 4.49. The van der Waals surface area contributed by atoms with Gasteiger partial charge in [0.05, 0.1) is 6.61 Å². The van der Waals surface area contributed by atoms with Crippen LogP contribution >= 0.6 is 0 Å². The number of aromatic nitrogens is 2. The van der Waals surface area contributed by atoms with Gasteiger partial charge in [-0.1, -0.05) is 20.8 Å². The second-order valence-electron chi connectivity index (χ2n) is 3.94.